The van der Waals surface area contributed by atoms with Crippen molar-refractivity contribution < 1.29 is 4.79 Å². The van der Waals surface area contributed by atoms with Crippen LogP contribution in [-0.4, -0.2) is 11.4 Å². The summed E-state index contributed by atoms with van der Waals surface area (Å²) in [7, 11) is 0. The quantitative estimate of drug-likeness (QED) is 0.524. The van der Waals surface area contributed by atoms with Gasteiger partial charge in [0.1, 0.15) is 0 Å². The monoisotopic (exact) mass is 181 g/mol. The van der Waals surface area contributed by atoms with Crippen LogP contribution in [0.15, 0.2) is 0 Å². The Hall–Kier alpha value is -0.970. The Morgan fingerprint density at radius 1 is 1.38 bits per heavy atom. The van der Waals surface area contributed by atoms with Crippen LogP contribution in [0.3, 0.4) is 0 Å². The molecular weight excluding hydrogens is 162 g/mol. The Kier molecular flexibility index (Phi) is 5.22. The molecule has 0 saturated carbocycles. The van der Waals surface area contributed by atoms with Crippen LogP contribution < -0.4 is 5.32 Å². The summed E-state index contributed by atoms with van der Waals surface area (Å²) in [5.41, 5.74) is -0.118. The Bertz CT molecular complexity index is 214. The van der Waals surface area contributed by atoms with Crippen molar-refractivity contribution in [1.29, 1.82) is 0 Å². The minimum Gasteiger partial charge on any atom is -0.352 e. The van der Waals surface area contributed by atoms with Crippen molar-refractivity contribution in [3.8, 4) is 11.8 Å². The second kappa shape index (κ2) is 5.64. The number of hydrogen-bond acceptors (Lipinski definition) is 1. The van der Waals surface area contributed by atoms with Gasteiger partial charge in [-0.1, -0.05) is 0 Å². The van der Waals surface area contributed by atoms with Gasteiger partial charge in [0.05, 0.1) is 0 Å². The fraction of sp³-hybridized carbons (Fsp3) is 0.727. The van der Waals surface area contributed by atoms with E-state index >= 15 is 0 Å². The van der Waals surface area contributed by atoms with Crippen LogP contribution >= 0.6 is 0 Å². The van der Waals surface area contributed by atoms with Gasteiger partial charge in [0.15, 0.2) is 0 Å². The first-order valence-electron chi connectivity index (χ1n) is 4.66. The van der Waals surface area contributed by atoms with E-state index in [0.29, 0.717) is 6.42 Å². The number of unbranched alkanes of at least 4 members (excludes halogenated alkanes) is 1. The van der Waals surface area contributed by atoms with Gasteiger partial charge in [-0.25, -0.2) is 0 Å². The molecule has 0 aromatic heterocycles. The van der Waals surface area contributed by atoms with Crippen LogP contribution in [0.2, 0.25) is 0 Å². The third-order valence-corrected chi connectivity index (χ3v) is 1.40. The van der Waals surface area contributed by atoms with Gasteiger partial charge in [-0.05, 0) is 34.1 Å². The van der Waals surface area contributed by atoms with Gasteiger partial charge in [-0.3, -0.25) is 4.79 Å². The standard InChI is InChI=1S/C11H19NO/c1-5-6-7-8-9-10(13)12-11(2,3)4/h7-9H2,1-4H3,(H,12,13). The van der Waals surface area contributed by atoms with Crippen LogP contribution in [0.25, 0.3) is 0 Å². The summed E-state index contributed by atoms with van der Waals surface area (Å²) in [5.74, 6) is 5.86. The first-order valence-corrected chi connectivity index (χ1v) is 4.66. The van der Waals surface area contributed by atoms with Crippen LogP contribution in [0.1, 0.15) is 47.0 Å². The number of nitrogens with one attached hydrogen (secondary N) is 1. The topological polar surface area (TPSA) is 29.1 Å². The molecule has 0 fully saturated rings. The second-order valence-electron chi connectivity index (χ2n) is 4.08. The van der Waals surface area contributed by atoms with E-state index < -0.39 is 0 Å². The predicted octanol–water partition coefficient (Wildman–Crippen LogP) is 2.09. The van der Waals surface area contributed by atoms with E-state index in [1.165, 1.54) is 0 Å². The molecule has 74 valence electrons. The van der Waals surface area contributed by atoms with Gasteiger partial charge < -0.3 is 5.32 Å². The zero-order valence-electron chi connectivity index (χ0n) is 9.03. The van der Waals surface area contributed by atoms with Crippen LogP contribution in [0.5, 0.6) is 0 Å². The van der Waals surface area contributed by atoms with Crippen molar-refractivity contribution in [3.63, 3.8) is 0 Å². The molecule has 1 amide bonds. The average Bonchev–Trinajstić information content (AvgIpc) is 1.94. The summed E-state index contributed by atoms with van der Waals surface area (Å²) in [4.78, 5) is 11.3. The summed E-state index contributed by atoms with van der Waals surface area (Å²) in [6, 6.07) is 0. The average molecular weight is 181 g/mol. The van der Waals surface area contributed by atoms with E-state index in [1.807, 2.05) is 27.7 Å². The van der Waals surface area contributed by atoms with E-state index in [0.717, 1.165) is 12.8 Å². The van der Waals surface area contributed by atoms with E-state index in [2.05, 4.69) is 17.2 Å². The normalized spacial score (nSPS) is 10.2. The van der Waals surface area contributed by atoms with Gasteiger partial charge >= 0.3 is 0 Å². The Morgan fingerprint density at radius 3 is 2.46 bits per heavy atom. The SMILES string of the molecule is CC#CCCCC(=O)NC(C)(C)C. The third-order valence-electron chi connectivity index (χ3n) is 1.40. The molecule has 0 unspecified atom stereocenters. The summed E-state index contributed by atoms with van der Waals surface area (Å²) >= 11 is 0. The van der Waals surface area contributed by atoms with E-state index in [9.17, 15) is 4.79 Å². The smallest absolute Gasteiger partial charge is 0.220 e. The highest BCUT2D eigenvalue weighted by molar-refractivity contribution is 5.76. The van der Waals surface area contributed by atoms with E-state index in [1.54, 1.807) is 0 Å². The second-order valence-corrected chi connectivity index (χ2v) is 4.08. The maximum atomic E-state index is 11.3. The summed E-state index contributed by atoms with van der Waals surface area (Å²) in [5, 5.41) is 2.91. The zero-order valence-corrected chi connectivity index (χ0v) is 9.03. The maximum absolute atomic E-state index is 11.3. The number of hydrogen-bond donors (Lipinski definition) is 1. The molecule has 1 N–H and O–H groups in total. The van der Waals surface area contributed by atoms with Crippen LogP contribution in [0, 0.1) is 11.8 Å². The van der Waals surface area contributed by atoms with Gasteiger partial charge in [-0.2, -0.15) is 0 Å². The van der Waals surface area contributed by atoms with Crippen molar-refractivity contribution in [2.75, 3.05) is 0 Å². The van der Waals surface area contributed by atoms with Crippen LogP contribution in [0.4, 0.5) is 0 Å². The van der Waals surface area contributed by atoms with Gasteiger partial charge in [0, 0.05) is 18.4 Å². The molecule has 2 heteroatoms. The van der Waals surface area contributed by atoms with E-state index in [4.69, 9.17) is 0 Å². The molecule has 0 atom stereocenters. The Balaban J connectivity index is 3.56. The van der Waals surface area contributed by atoms with Crippen LogP contribution in [-0.2, 0) is 4.79 Å². The lowest BCUT2D eigenvalue weighted by Crippen LogP contribution is -2.40. The molecule has 0 spiro atoms. The number of carbonyl (C=O) groups excluding carboxylic acids is 1. The largest absolute Gasteiger partial charge is 0.352 e. The molecule has 13 heavy (non-hydrogen) atoms. The maximum Gasteiger partial charge on any atom is 0.220 e. The van der Waals surface area contributed by atoms with Crippen molar-refractivity contribution in [3.05, 3.63) is 0 Å². The fourth-order valence-electron chi connectivity index (χ4n) is 0.943. The van der Waals surface area contributed by atoms with Gasteiger partial charge in [0.25, 0.3) is 0 Å². The molecule has 0 bridgehead atoms. The molecule has 0 aliphatic heterocycles. The van der Waals surface area contributed by atoms with Crippen molar-refractivity contribution in [1.82, 2.24) is 5.32 Å². The predicted molar refractivity (Wildman–Crippen MR) is 55.2 cm³/mol. The van der Waals surface area contributed by atoms with Gasteiger partial charge in [-0.15, -0.1) is 11.8 Å². The van der Waals surface area contributed by atoms with Crippen molar-refractivity contribution in [2.24, 2.45) is 0 Å². The molecular formula is C11H19NO. The molecule has 0 heterocycles. The Morgan fingerprint density at radius 2 is 2.00 bits per heavy atom. The summed E-state index contributed by atoms with van der Waals surface area (Å²) in [6.45, 7) is 7.76. The number of rotatable bonds is 3. The molecule has 0 aliphatic carbocycles. The minimum atomic E-state index is -0.118. The highest BCUT2D eigenvalue weighted by Gasteiger charge is 2.12. The molecule has 0 aromatic carbocycles. The molecule has 0 aliphatic rings. The van der Waals surface area contributed by atoms with Crippen molar-refractivity contribution in [2.45, 2.75) is 52.5 Å². The minimum absolute atomic E-state index is 0.116. The summed E-state index contributed by atoms with van der Waals surface area (Å²) < 4.78 is 0. The molecule has 0 aromatic rings. The fourth-order valence-corrected chi connectivity index (χ4v) is 0.943. The lowest BCUT2D eigenvalue weighted by Gasteiger charge is -2.20. The van der Waals surface area contributed by atoms with Gasteiger partial charge in [0.2, 0.25) is 5.91 Å². The van der Waals surface area contributed by atoms with E-state index in [-0.39, 0.29) is 11.4 Å². The summed E-state index contributed by atoms with van der Waals surface area (Å²) in [6.07, 6.45) is 2.24. The number of carbonyl (C=O) groups is 1. The first kappa shape index (κ1) is 12.0. The molecule has 2 nitrogen and oxygen atoms in total. The molecule has 0 rings (SSSR count). The highest BCUT2D eigenvalue weighted by Crippen LogP contribution is 2.01. The highest BCUT2D eigenvalue weighted by atomic mass is 16.1. The number of amides is 1. The lowest BCUT2D eigenvalue weighted by molar-refractivity contribution is -0.122. The third kappa shape index (κ3) is 8.94. The first-order chi connectivity index (χ1) is 5.95. The lowest BCUT2D eigenvalue weighted by atomic mass is 10.1. The zero-order chi connectivity index (χ0) is 10.3. The Labute approximate surface area is 81.1 Å². The molecule has 0 saturated heterocycles. The van der Waals surface area contributed by atoms with Crippen molar-refractivity contribution >= 4 is 5.91 Å². The molecule has 0 radical (unpaired) electrons.